The Morgan fingerprint density at radius 3 is 2.62 bits per heavy atom. The fourth-order valence-corrected chi connectivity index (χ4v) is 3.08. The average molecular weight is 289 g/mol. The number of hydrogen-bond acceptors (Lipinski definition) is 3. The molecule has 1 aromatic rings. The highest BCUT2D eigenvalue weighted by molar-refractivity contribution is 5.86. The molecule has 1 aliphatic rings. The quantitative estimate of drug-likeness (QED) is 0.844. The molecule has 21 heavy (non-hydrogen) atoms. The van der Waals surface area contributed by atoms with Gasteiger partial charge in [0.05, 0.1) is 5.54 Å². The van der Waals surface area contributed by atoms with Crippen molar-refractivity contribution in [3.63, 3.8) is 0 Å². The average Bonchev–Trinajstić information content (AvgIpc) is 2.93. The zero-order valence-corrected chi connectivity index (χ0v) is 13.2. The summed E-state index contributed by atoms with van der Waals surface area (Å²) in [5, 5.41) is 3.01. The number of nitrogens with zero attached hydrogens (tertiary/aromatic N) is 1. The molecule has 0 radical (unpaired) electrons. The van der Waals surface area contributed by atoms with Crippen molar-refractivity contribution in [1.29, 1.82) is 0 Å². The molecule has 0 aliphatic heterocycles. The summed E-state index contributed by atoms with van der Waals surface area (Å²) in [6.07, 6.45) is 3.75. The van der Waals surface area contributed by atoms with Crippen molar-refractivity contribution in [2.75, 3.05) is 24.5 Å². The van der Waals surface area contributed by atoms with Crippen LogP contribution in [0.5, 0.6) is 0 Å². The summed E-state index contributed by atoms with van der Waals surface area (Å²) in [4.78, 5) is 14.5. The van der Waals surface area contributed by atoms with Crippen LogP contribution in [0, 0.1) is 6.92 Å². The van der Waals surface area contributed by atoms with E-state index < -0.39 is 5.54 Å². The number of amides is 1. The van der Waals surface area contributed by atoms with Gasteiger partial charge in [-0.05, 0) is 38.3 Å². The van der Waals surface area contributed by atoms with Gasteiger partial charge in [-0.2, -0.15) is 0 Å². The summed E-state index contributed by atoms with van der Waals surface area (Å²) in [7, 11) is 0. The van der Waals surface area contributed by atoms with E-state index in [0.717, 1.165) is 38.8 Å². The first-order chi connectivity index (χ1) is 10.1. The number of nitrogens with two attached hydrogens (primary N) is 1. The SMILES string of the molecule is CCN(CCNC(=O)C1(N)CCCC1)c1ccccc1C. The first kappa shape index (κ1) is 15.8. The second-order valence-corrected chi connectivity index (χ2v) is 5.99. The predicted octanol–water partition coefficient (Wildman–Crippen LogP) is 2.21. The Bertz CT molecular complexity index is 481. The lowest BCUT2D eigenvalue weighted by Crippen LogP contribution is -2.53. The normalized spacial score (nSPS) is 16.7. The highest BCUT2D eigenvalue weighted by atomic mass is 16.2. The molecular weight excluding hydrogens is 262 g/mol. The zero-order chi connectivity index (χ0) is 15.3. The number of carbonyl (C=O) groups excluding carboxylic acids is 1. The second kappa shape index (κ2) is 6.94. The molecule has 0 bridgehead atoms. The van der Waals surface area contributed by atoms with E-state index in [2.05, 4.69) is 42.3 Å². The van der Waals surface area contributed by atoms with Crippen LogP contribution in [0.4, 0.5) is 5.69 Å². The monoisotopic (exact) mass is 289 g/mol. The molecule has 2 rings (SSSR count). The van der Waals surface area contributed by atoms with Gasteiger partial charge in [-0.15, -0.1) is 0 Å². The van der Waals surface area contributed by atoms with Crippen molar-refractivity contribution in [3.05, 3.63) is 29.8 Å². The number of para-hydroxylation sites is 1. The first-order valence-corrected chi connectivity index (χ1v) is 7.94. The summed E-state index contributed by atoms with van der Waals surface area (Å²) in [5.41, 5.74) is 8.03. The highest BCUT2D eigenvalue weighted by Crippen LogP contribution is 2.27. The van der Waals surface area contributed by atoms with E-state index >= 15 is 0 Å². The Morgan fingerprint density at radius 1 is 1.33 bits per heavy atom. The van der Waals surface area contributed by atoms with Gasteiger partial charge in [-0.3, -0.25) is 4.79 Å². The van der Waals surface area contributed by atoms with Crippen molar-refractivity contribution >= 4 is 11.6 Å². The van der Waals surface area contributed by atoms with Gasteiger partial charge in [-0.1, -0.05) is 31.0 Å². The number of anilines is 1. The molecule has 0 atom stereocenters. The van der Waals surface area contributed by atoms with E-state index in [4.69, 9.17) is 5.73 Å². The van der Waals surface area contributed by atoms with Crippen molar-refractivity contribution in [1.82, 2.24) is 5.32 Å². The molecule has 1 fully saturated rings. The molecule has 0 spiro atoms. The fourth-order valence-electron chi connectivity index (χ4n) is 3.08. The maximum Gasteiger partial charge on any atom is 0.240 e. The second-order valence-electron chi connectivity index (χ2n) is 5.99. The zero-order valence-electron chi connectivity index (χ0n) is 13.2. The van der Waals surface area contributed by atoms with Crippen molar-refractivity contribution in [2.45, 2.75) is 45.1 Å². The molecule has 0 unspecified atom stereocenters. The van der Waals surface area contributed by atoms with Crippen LogP contribution in [0.25, 0.3) is 0 Å². The van der Waals surface area contributed by atoms with Crippen molar-refractivity contribution in [3.8, 4) is 0 Å². The van der Waals surface area contributed by atoms with Gasteiger partial charge in [0.1, 0.15) is 0 Å². The van der Waals surface area contributed by atoms with Crippen LogP contribution in [0.3, 0.4) is 0 Å². The van der Waals surface area contributed by atoms with Gasteiger partial charge >= 0.3 is 0 Å². The number of rotatable bonds is 6. The smallest absolute Gasteiger partial charge is 0.240 e. The maximum absolute atomic E-state index is 12.2. The van der Waals surface area contributed by atoms with E-state index in [1.165, 1.54) is 11.3 Å². The van der Waals surface area contributed by atoms with Gasteiger partial charge in [-0.25, -0.2) is 0 Å². The first-order valence-electron chi connectivity index (χ1n) is 7.94. The summed E-state index contributed by atoms with van der Waals surface area (Å²) < 4.78 is 0. The van der Waals surface area contributed by atoms with Crippen LogP contribution >= 0.6 is 0 Å². The summed E-state index contributed by atoms with van der Waals surface area (Å²) in [6, 6.07) is 8.34. The Hall–Kier alpha value is -1.55. The molecular formula is C17H27N3O. The largest absolute Gasteiger partial charge is 0.370 e. The molecule has 4 nitrogen and oxygen atoms in total. The molecule has 1 aliphatic carbocycles. The number of carbonyl (C=O) groups is 1. The Balaban J connectivity index is 1.87. The van der Waals surface area contributed by atoms with Gasteiger partial charge in [0.2, 0.25) is 5.91 Å². The number of likely N-dealkylation sites (N-methyl/N-ethyl adjacent to an activating group) is 1. The van der Waals surface area contributed by atoms with E-state index in [0.29, 0.717) is 6.54 Å². The summed E-state index contributed by atoms with van der Waals surface area (Å²) in [6.45, 7) is 6.62. The van der Waals surface area contributed by atoms with E-state index in [-0.39, 0.29) is 5.91 Å². The minimum Gasteiger partial charge on any atom is -0.370 e. The van der Waals surface area contributed by atoms with Gasteiger partial charge in [0.15, 0.2) is 0 Å². The highest BCUT2D eigenvalue weighted by Gasteiger charge is 2.36. The Kier molecular flexibility index (Phi) is 5.23. The van der Waals surface area contributed by atoms with Crippen LogP contribution in [-0.2, 0) is 4.79 Å². The maximum atomic E-state index is 12.2. The van der Waals surface area contributed by atoms with Crippen molar-refractivity contribution < 1.29 is 4.79 Å². The molecule has 4 heteroatoms. The molecule has 0 heterocycles. The molecule has 1 saturated carbocycles. The van der Waals surface area contributed by atoms with Gasteiger partial charge < -0.3 is 16.0 Å². The van der Waals surface area contributed by atoms with Crippen LogP contribution in [0.2, 0.25) is 0 Å². The number of aryl methyl sites for hydroxylation is 1. The van der Waals surface area contributed by atoms with E-state index in [9.17, 15) is 4.79 Å². The number of benzene rings is 1. The third-order valence-corrected chi connectivity index (χ3v) is 4.45. The minimum absolute atomic E-state index is 0.0147. The lowest BCUT2D eigenvalue weighted by Gasteiger charge is -2.27. The Labute approximate surface area is 127 Å². The van der Waals surface area contributed by atoms with Gasteiger partial charge in [0.25, 0.3) is 0 Å². The number of nitrogens with one attached hydrogen (secondary N) is 1. The van der Waals surface area contributed by atoms with Gasteiger partial charge in [0, 0.05) is 25.3 Å². The molecule has 0 aromatic heterocycles. The predicted molar refractivity (Wildman–Crippen MR) is 87.5 cm³/mol. The lowest BCUT2D eigenvalue weighted by atomic mass is 9.98. The lowest BCUT2D eigenvalue weighted by molar-refractivity contribution is -0.126. The van der Waals surface area contributed by atoms with E-state index in [1.807, 2.05) is 6.07 Å². The molecule has 3 N–H and O–H groups in total. The van der Waals surface area contributed by atoms with Crippen LogP contribution in [-0.4, -0.2) is 31.1 Å². The molecule has 1 aromatic carbocycles. The van der Waals surface area contributed by atoms with Crippen LogP contribution < -0.4 is 16.0 Å². The third kappa shape index (κ3) is 3.76. The Morgan fingerprint density at radius 2 is 2.00 bits per heavy atom. The standard InChI is InChI=1S/C17H27N3O/c1-3-20(15-9-5-4-8-14(15)2)13-12-19-16(21)17(18)10-6-7-11-17/h4-5,8-9H,3,6-7,10-13,18H2,1-2H3,(H,19,21). The summed E-state index contributed by atoms with van der Waals surface area (Å²) >= 11 is 0. The molecule has 0 saturated heterocycles. The summed E-state index contributed by atoms with van der Waals surface area (Å²) in [5.74, 6) is 0.0147. The molecule has 1 amide bonds. The fraction of sp³-hybridized carbons (Fsp3) is 0.588. The van der Waals surface area contributed by atoms with Crippen LogP contribution in [0.15, 0.2) is 24.3 Å². The number of hydrogen-bond donors (Lipinski definition) is 2. The molecule has 116 valence electrons. The van der Waals surface area contributed by atoms with Crippen LogP contribution in [0.1, 0.15) is 38.2 Å². The minimum atomic E-state index is -0.625. The van der Waals surface area contributed by atoms with Crippen molar-refractivity contribution in [2.24, 2.45) is 5.73 Å². The third-order valence-electron chi connectivity index (χ3n) is 4.45. The topological polar surface area (TPSA) is 58.4 Å². The van der Waals surface area contributed by atoms with E-state index in [1.54, 1.807) is 0 Å².